The third kappa shape index (κ3) is 3.57. The number of carbonyl (C=O) groups excluding carboxylic acids is 2. The summed E-state index contributed by atoms with van der Waals surface area (Å²) < 4.78 is 5.51. The third-order valence-corrected chi connectivity index (χ3v) is 4.49. The first kappa shape index (κ1) is 18.0. The van der Waals surface area contributed by atoms with Gasteiger partial charge in [0, 0.05) is 23.9 Å². The van der Waals surface area contributed by atoms with E-state index in [1.54, 1.807) is 23.1 Å². The summed E-state index contributed by atoms with van der Waals surface area (Å²) in [5.74, 6) is 0.368. The zero-order valence-electron chi connectivity index (χ0n) is 15.6. The van der Waals surface area contributed by atoms with Crippen LogP contribution in [-0.2, 0) is 10.2 Å². The molecule has 2 aromatic rings. The molecule has 0 atom stereocenters. The first-order chi connectivity index (χ1) is 12.3. The van der Waals surface area contributed by atoms with Gasteiger partial charge in [0.2, 0.25) is 0 Å². The first-order valence-electron chi connectivity index (χ1n) is 8.78. The third-order valence-electron chi connectivity index (χ3n) is 4.49. The first-order valence-corrected chi connectivity index (χ1v) is 8.78. The van der Waals surface area contributed by atoms with Crippen molar-refractivity contribution in [2.24, 2.45) is 0 Å². The zero-order valence-corrected chi connectivity index (χ0v) is 15.6. The van der Waals surface area contributed by atoms with E-state index in [1.807, 2.05) is 31.2 Å². The van der Waals surface area contributed by atoms with Gasteiger partial charge in [0.1, 0.15) is 5.75 Å². The molecule has 0 radical (unpaired) electrons. The van der Waals surface area contributed by atoms with Gasteiger partial charge in [0.25, 0.3) is 11.8 Å². The van der Waals surface area contributed by atoms with Crippen LogP contribution in [0.1, 0.15) is 43.6 Å². The van der Waals surface area contributed by atoms with Gasteiger partial charge >= 0.3 is 0 Å². The standard InChI is InChI=1S/C21H24N2O3/c1-5-23-17-11-10-16(12-18(17)26-13-19(23)24)22-20(25)14-6-8-15(9-7-14)21(2,3)4/h6-12H,5,13H2,1-4H3,(H,22,25). The Morgan fingerprint density at radius 3 is 2.46 bits per heavy atom. The lowest BCUT2D eigenvalue weighted by molar-refractivity contribution is -0.121. The number of hydrogen-bond donors (Lipinski definition) is 1. The molecule has 0 bridgehead atoms. The van der Waals surface area contributed by atoms with E-state index in [0.717, 1.165) is 5.69 Å². The minimum Gasteiger partial charge on any atom is -0.481 e. The van der Waals surface area contributed by atoms with Crippen molar-refractivity contribution in [2.75, 3.05) is 23.4 Å². The Kier molecular flexibility index (Phi) is 4.72. The molecule has 1 aliphatic rings. The second-order valence-electron chi connectivity index (χ2n) is 7.39. The summed E-state index contributed by atoms with van der Waals surface area (Å²) in [4.78, 5) is 26.0. The van der Waals surface area contributed by atoms with E-state index in [9.17, 15) is 9.59 Å². The molecule has 136 valence electrons. The largest absolute Gasteiger partial charge is 0.481 e. The fourth-order valence-corrected chi connectivity index (χ4v) is 2.95. The summed E-state index contributed by atoms with van der Waals surface area (Å²) in [6, 6.07) is 13.0. The highest BCUT2D eigenvalue weighted by Gasteiger charge is 2.24. The Hall–Kier alpha value is -2.82. The Labute approximate surface area is 154 Å². The number of nitrogens with one attached hydrogen (secondary N) is 1. The zero-order chi connectivity index (χ0) is 18.9. The van der Waals surface area contributed by atoms with Crippen molar-refractivity contribution in [3.63, 3.8) is 0 Å². The second-order valence-corrected chi connectivity index (χ2v) is 7.39. The fourth-order valence-electron chi connectivity index (χ4n) is 2.95. The predicted octanol–water partition coefficient (Wildman–Crippen LogP) is 3.98. The summed E-state index contributed by atoms with van der Waals surface area (Å²) in [6.07, 6.45) is 0. The Balaban J connectivity index is 1.77. The monoisotopic (exact) mass is 352 g/mol. The van der Waals surface area contributed by atoms with E-state index in [4.69, 9.17) is 4.74 Å². The second kappa shape index (κ2) is 6.83. The van der Waals surface area contributed by atoms with Gasteiger partial charge in [0.05, 0.1) is 5.69 Å². The van der Waals surface area contributed by atoms with Crippen LogP contribution < -0.4 is 15.0 Å². The number of anilines is 2. The summed E-state index contributed by atoms with van der Waals surface area (Å²) in [7, 11) is 0. The molecule has 1 aliphatic heterocycles. The van der Waals surface area contributed by atoms with E-state index >= 15 is 0 Å². The maximum atomic E-state index is 12.5. The number of carbonyl (C=O) groups is 2. The van der Waals surface area contributed by atoms with E-state index in [-0.39, 0.29) is 23.8 Å². The van der Waals surface area contributed by atoms with Gasteiger partial charge in [-0.15, -0.1) is 0 Å². The minimum absolute atomic E-state index is 0.0203. The highest BCUT2D eigenvalue weighted by Crippen LogP contribution is 2.34. The molecule has 0 saturated carbocycles. The van der Waals surface area contributed by atoms with Crippen molar-refractivity contribution >= 4 is 23.2 Å². The van der Waals surface area contributed by atoms with Crippen LogP contribution in [0.5, 0.6) is 5.75 Å². The average molecular weight is 352 g/mol. The summed E-state index contributed by atoms with van der Waals surface area (Å²) in [6.45, 7) is 8.94. The Morgan fingerprint density at radius 2 is 1.85 bits per heavy atom. The minimum atomic E-state index is -0.176. The van der Waals surface area contributed by atoms with Crippen LogP contribution in [0.25, 0.3) is 0 Å². The number of nitrogens with zero attached hydrogens (tertiary/aromatic N) is 1. The van der Waals surface area contributed by atoms with Gasteiger partial charge < -0.3 is 15.0 Å². The molecule has 0 saturated heterocycles. The normalized spacial score (nSPS) is 13.8. The van der Waals surface area contributed by atoms with Gasteiger partial charge in [-0.1, -0.05) is 32.9 Å². The van der Waals surface area contributed by atoms with Gasteiger partial charge in [-0.25, -0.2) is 0 Å². The van der Waals surface area contributed by atoms with E-state index in [1.165, 1.54) is 5.56 Å². The van der Waals surface area contributed by atoms with E-state index < -0.39 is 0 Å². The maximum absolute atomic E-state index is 12.5. The van der Waals surface area contributed by atoms with Gasteiger partial charge in [-0.2, -0.15) is 0 Å². The number of benzene rings is 2. The van der Waals surface area contributed by atoms with Crippen molar-refractivity contribution in [1.29, 1.82) is 0 Å². The van der Waals surface area contributed by atoms with Gasteiger partial charge in [0.15, 0.2) is 6.61 Å². The topological polar surface area (TPSA) is 58.6 Å². The lowest BCUT2D eigenvalue weighted by atomic mass is 9.87. The highest BCUT2D eigenvalue weighted by atomic mass is 16.5. The molecular formula is C21H24N2O3. The van der Waals surface area contributed by atoms with E-state index in [2.05, 4.69) is 26.1 Å². The van der Waals surface area contributed by atoms with Crippen LogP contribution >= 0.6 is 0 Å². The van der Waals surface area contributed by atoms with Crippen LogP contribution in [0.15, 0.2) is 42.5 Å². The maximum Gasteiger partial charge on any atom is 0.265 e. The van der Waals surface area contributed by atoms with Crippen LogP contribution in [0.2, 0.25) is 0 Å². The molecule has 1 heterocycles. The predicted molar refractivity (Wildman–Crippen MR) is 103 cm³/mol. The number of ether oxygens (including phenoxy) is 1. The van der Waals surface area contributed by atoms with Crippen LogP contribution in [0.3, 0.4) is 0 Å². The quantitative estimate of drug-likeness (QED) is 0.909. The van der Waals surface area contributed by atoms with Crippen LogP contribution in [-0.4, -0.2) is 25.0 Å². The van der Waals surface area contributed by atoms with Crippen molar-refractivity contribution in [2.45, 2.75) is 33.1 Å². The van der Waals surface area contributed by atoms with Crippen molar-refractivity contribution in [3.8, 4) is 5.75 Å². The molecule has 5 nitrogen and oxygen atoms in total. The number of likely N-dealkylation sites (N-methyl/N-ethyl adjacent to an activating group) is 1. The summed E-state index contributed by atoms with van der Waals surface area (Å²) in [5.41, 5.74) is 3.20. The molecule has 2 amide bonds. The van der Waals surface area contributed by atoms with Crippen molar-refractivity contribution in [1.82, 2.24) is 0 Å². The molecule has 3 rings (SSSR count). The molecule has 5 heteroatoms. The van der Waals surface area contributed by atoms with Crippen molar-refractivity contribution in [3.05, 3.63) is 53.6 Å². The molecule has 2 aromatic carbocycles. The SMILES string of the molecule is CCN1C(=O)COc2cc(NC(=O)c3ccc(C(C)(C)C)cc3)ccc21. The van der Waals surface area contributed by atoms with Crippen molar-refractivity contribution < 1.29 is 14.3 Å². The molecule has 1 N–H and O–H groups in total. The fraction of sp³-hybridized carbons (Fsp3) is 0.333. The van der Waals surface area contributed by atoms with Gasteiger partial charge in [-0.3, -0.25) is 9.59 Å². The lowest BCUT2D eigenvalue weighted by Gasteiger charge is -2.28. The van der Waals surface area contributed by atoms with Crippen LogP contribution in [0, 0.1) is 0 Å². The molecular weight excluding hydrogens is 328 g/mol. The molecule has 0 unspecified atom stereocenters. The van der Waals surface area contributed by atoms with Gasteiger partial charge in [-0.05, 0) is 42.2 Å². The Morgan fingerprint density at radius 1 is 1.15 bits per heavy atom. The van der Waals surface area contributed by atoms with E-state index in [0.29, 0.717) is 23.5 Å². The average Bonchev–Trinajstić information content (AvgIpc) is 2.61. The number of hydrogen-bond acceptors (Lipinski definition) is 3. The molecule has 0 spiro atoms. The Bertz CT molecular complexity index is 835. The summed E-state index contributed by atoms with van der Waals surface area (Å²) in [5, 5.41) is 2.89. The molecule has 0 aromatic heterocycles. The number of rotatable bonds is 3. The highest BCUT2D eigenvalue weighted by molar-refractivity contribution is 6.05. The number of fused-ring (bicyclic) bond motifs is 1. The summed E-state index contributed by atoms with van der Waals surface area (Å²) >= 11 is 0. The lowest BCUT2D eigenvalue weighted by Crippen LogP contribution is -2.38. The number of amides is 2. The molecule has 26 heavy (non-hydrogen) atoms. The smallest absolute Gasteiger partial charge is 0.265 e. The molecule has 0 aliphatic carbocycles. The van der Waals surface area contributed by atoms with Crippen LogP contribution in [0.4, 0.5) is 11.4 Å². The molecule has 0 fully saturated rings.